The summed E-state index contributed by atoms with van der Waals surface area (Å²) in [6, 6.07) is 6.62. The molecule has 0 aliphatic carbocycles. The van der Waals surface area contributed by atoms with E-state index >= 15 is 0 Å². The van der Waals surface area contributed by atoms with Crippen LogP contribution >= 0.6 is 0 Å². The Morgan fingerprint density at radius 1 is 1.46 bits per heavy atom. The van der Waals surface area contributed by atoms with Gasteiger partial charge in [-0.25, -0.2) is 4.39 Å². The van der Waals surface area contributed by atoms with Crippen molar-refractivity contribution in [2.24, 2.45) is 0 Å². The SMILES string of the molecule is C[C@@H](CO)NCc1ccccc1F. The lowest BCUT2D eigenvalue weighted by Crippen LogP contribution is -2.28. The van der Waals surface area contributed by atoms with Gasteiger partial charge >= 0.3 is 0 Å². The normalized spacial score (nSPS) is 12.8. The fourth-order valence-electron chi connectivity index (χ4n) is 0.990. The molecule has 0 spiro atoms. The van der Waals surface area contributed by atoms with Gasteiger partial charge in [-0.15, -0.1) is 0 Å². The Morgan fingerprint density at radius 3 is 2.77 bits per heavy atom. The second kappa shape index (κ2) is 4.94. The lowest BCUT2D eigenvalue weighted by atomic mass is 10.2. The van der Waals surface area contributed by atoms with Gasteiger partial charge in [0.15, 0.2) is 0 Å². The average molecular weight is 183 g/mol. The van der Waals surface area contributed by atoms with Crippen LogP contribution in [-0.4, -0.2) is 17.8 Å². The average Bonchev–Trinajstić information content (AvgIpc) is 2.16. The zero-order valence-electron chi connectivity index (χ0n) is 7.63. The minimum Gasteiger partial charge on any atom is -0.395 e. The summed E-state index contributed by atoms with van der Waals surface area (Å²) in [5.74, 6) is -0.208. The van der Waals surface area contributed by atoms with Crippen LogP contribution in [0.5, 0.6) is 0 Å². The Hall–Kier alpha value is -0.930. The first kappa shape index (κ1) is 10.2. The molecular weight excluding hydrogens is 169 g/mol. The van der Waals surface area contributed by atoms with Crippen LogP contribution in [0.1, 0.15) is 12.5 Å². The van der Waals surface area contributed by atoms with Gasteiger partial charge in [-0.3, -0.25) is 0 Å². The van der Waals surface area contributed by atoms with Gasteiger partial charge in [0.2, 0.25) is 0 Å². The van der Waals surface area contributed by atoms with E-state index in [0.29, 0.717) is 12.1 Å². The Morgan fingerprint density at radius 2 is 2.15 bits per heavy atom. The highest BCUT2D eigenvalue weighted by molar-refractivity contribution is 5.16. The number of aliphatic hydroxyl groups excluding tert-OH is 1. The molecule has 0 amide bonds. The maximum absolute atomic E-state index is 13.0. The van der Waals surface area contributed by atoms with E-state index in [1.54, 1.807) is 18.2 Å². The maximum Gasteiger partial charge on any atom is 0.127 e. The molecule has 0 unspecified atom stereocenters. The topological polar surface area (TPSA) is 32.3 Å². The smallest absolute Gasteiger partial charge is 0.127 e. The Bertz CT molecular complexity index is 265. The molecule has 1 rings (SSSR count). The Labute approximate surface area is 77.4 Å². The summed E-state index contributed by atoms with van der Waals surface area (Å²) in [5.41, 5.74) is 0.628. The monoisotopic (exact) mass is 183 g/mol. The van der Waals surface area contributed by atoms with E-state index in [-0.39, 0.29) is 18.5 Å². The predicted octanol–water partition coefficient (Wildman–Crippen LogP) is 1.30. The predicted molar refractivity (Wildman–Crippen MR) is 49.8 cm³/mol. The minimum atomic E-state index is -0.208. The molecule has 0 heterocycles. The molecule has 0 aliphatic heterocycles. The summed E-state index contributed by atoms with van der Waals surface area (Å²) >= 11 is 0. The molecular formula is C10H14FNO. The fourth-order valence-corrected chi connectivity index (χ4v) is 0.990. The lowest BCUT2D eigenvalue weighted by Gasteiger charge is -2.10. The van der Waals surface area contributed by atoms with Gasteiger partial charge in [-0.2, -0.15) is 0 Å². The quantitative estimate of drug-likeness (QED) is 0.737. The third kappa shape index (κ3) is 3.13. The van der Waals surface area contributed by atoms with E-state index in [0.717, 1.165) is 0 Å². The van der Waals surface area contributed by atoms with E-state index in [1.165, 1.54) is 6.07 Å². The Kier molecular flexibility index (Phi) is 3.86. The molecule has 0 saturated carbocycles. The highest BCUT2D eigenvalue weighted by Gasteiger charge is 2.02. The molecule has 1 aromatic carbocycles. The molecule has 1 atom stereocenters. The molecule has 0 bridgehead atoms. The second-order valence-corrected chi connectivity index (χ2v) is 3.06. The number of aliphatic hydroxyl groups is 1. The maximum atomic E-state index is 13.0. The zero-order chi connectivity index (χ0) is 9.68. The summed E-state index contributed by atoms with van der Waals surface area (Å²) in [5, 5.41) is 11.7. The standard InChI is InChI=1S/C10H14FNO/c1-8(7-13)12-6-9-4-2-3-5-10(9)11/h2-5,8,12-13H,6-7H2,1H3/t8-/m0/s1. The highest BCUT2D eigenvalue weighted by atomic mass is 19.1. The summed E-state index contributed by atoms with van der Waals surface area (Å²) in [6.45, 7) is 2.36. The van der Waals surface area contributed by atoms with Crippen molar-refractivity contribution in [3.8, 4) is 0 Å². The molecule has 1 aromatic rings. The molecule has 72 valence electrons. The molecule has 0 saturated heterocycles. The van der Waals surface area contributed by atoms with Gasteiger partial charge < -0.3 is 10.4 Å². The highest BCUT2D eigenvalue weighted by Crippen LogP contribution is 2.05. The number of rotatable bonds is 4. The molecule has 0 radical (unpaired) electrons. The number of nitrogens with one attached hydrogen (secondary N) is 1. The van der Waals surface area contributed by atoms with E-state index in [9.17, 15) is 4.39 Å². The van der Waals surface area contributed by atoms with Crippen molar-refractivity contribution in [1.29, 1.82) is 0 Å². The van der Waals surface area contributed by atoms with E-state index in [4.69, 9.17) is 5.11 Å². The summed E-state index contributed by atoms with van der Waals surface area (Å²) < 4.78 is 13.0. The largest absolute Gasteiger partial charge is 0.395 e. The van der Waals surface area contributed by atoms with Crippen LogP contribution in [0.2, 0.25) is 0 Å². The van der Waals surface area contributed by atoms with E-state index in [1.807, 2.05) is 6.92 Å². The van der Waals surface area contributed by atoms with Crippen LogP contribution in [-0.2, 0) is 6.54 Å². The third-order valence-corrected chi connectivity index (χ3v) is 1.87. The number of hydrogen-bond donors (Lipinski definition) is 2. The van der Waals surface area contributed by atoms with Gasteiger partial charge in [-0.05, 0) is 13.0 Å². The zero-order valence-corrected chi connectivity index (χ0v) is 7.63. The van der Waals surface area contributed by atoms with Gasteiger partial charge in [0, 0.05) is 18.2 Å². The van der Waals surface area contributed by atoms with Gasteiger partial charge in [0.1, 0.15) is 5.82 Å². The van der Waals surface area contributed by atoms with Crippen LogP contribution in [0, 0.1) is 5.82 Å². The van der Waals surface area contributed by atoms with Crippen LogP contribution in [0.4, 0.5) is 4.39 Å². The van der Waals surface area contributed by atoms with Gasteiger partial charge in [0.25, 0.3) is 0 Å². The first-order valence-corrected chi connectivity index (χ1v) is 4.31. The van der Waals surface area contributed by atoms with Crippen LogP contribution in [0.25, 0.3) is 0 Å². The summed E-state index contributed by atoms with van der Waals surface area (Å²) in [7, 11) is 0. The number of halogens is 1. The molecule has 2 nitrogen and oxygen atoms in total. The summed E-state index contributed by atoms with van der Waals surface area (Å²) in [6.07, 6.45) is 0. The molecule has 0 aliphatic rings. The number of benzene rings is 1. The first-order valence-electron chi connectivity index (χ1n) is 4.31. The summed E-state index contributed by atoms with van der Waals surface area (Å²) in [4.78, 5) is 0. The number of hydrogen-bond acceptors (Lipinski definition) is 2. The lowest BCUT2D eigenvalue weighted by molar-refractivity contribution is 0.250. The van der Waals surface area contributed by atoms with E-state index in [2.05, 4.69) is 5.32 Å². The molecule has 0 fully saturated rings. The van der Waals surface area contributed by atoms with Crippen molar-refractivity contribution >= 4 is 0 Å². The van der Waals surface area contributed by atoms with Crippen LogP contribution in [0.15, 0.2) is 24.3 Å². The Balaban J connectivity index is 2.50. The van der Waals surface area contributed by atoms with Crippen molar-refractivity contribution in [3.63, 3.8) is 0 Å². The minimum absolute atomic E-state index is 0.000365. The van der Waals surface area contributed by atoms with Crippen LogP contribution < -0.4 is 5.32 Å². The van der Waals surface area contributed by atoms with Crippen molar-refractivity contribution in [3.05, 3.63) is 35.6 Å². The van der Waals surface area contributed by atoms with Crippen LogP contribution in [0.3, 0.4) is 0 Å². The molecule has 3 heteroatoms. The van der Waals surface area contributed by atoms with Crippen molar-refractivity contribution in [2.75, 3.05) is 6.61 Å². The van der Waals surface area contributed by atoms with Gasteiger partial charge in [-0.1, -0.05) is 18.2 Å². The van der Waals surface area contributed by atoms with Crippen molar-refractivity contribution in [1.82, 2.24) is 5.32 Å². The van der Waals surface area contributed by atoms with E-state index < -0.39 is 0 Å². The van der Waals surface area contributed by atoms with Crippen molar-refractivity contribution < 1.29 is 9.50 Å². The first-order chi connectivity index (χ1) is 6.24. The molecule has 2 N–H and O–H groups in total. The van der Waals surface area contributed by atoms with Crippen molar-refractivity contribution in [2.45, 2.75) is 19.5 Å². The van der Waals surface area contributed by atoms with Gasteiger partial charge in [0.05, 0.1) is 6.61 Å². The fraction of sp³-hybridized carbons (Fsp3) is 0.400. The second-order valence-electron chi connectivity index (χ2n) is 3.06. The third-order valence-electron chi connectivity index (χ3n) is 1.87. The molecule has 13 heavy (non-hydrogen) atoms. The molecule has 0 aromatic heterocycles.